The van der Waals surface area contributed by atoms with Gasteiger partial charge in [0.1, 0.15) is 18.0 Å². The van der Waals surface area contributed by atoms with E-state index in [1.54, 1.807) is 6.20 Å². The van der Waals surface area contributed by atoms with Crippen molar-refractivity contribution in [1.82, 2.24) is 35.3 Å². The molecule has 0 aliphatic carbocycles. The van der Waals surface area contributed by atoms with Crippen molar-refractivity contribution in [3.8, 4) is 0 Å². The molecule has 3 N–H and O–H groups in total. The van der Waals surface area contributed by atoms with Gasteiger partial charge in [0, 0.05) is 0 Å². The molecule has 3 rings (SSSR count). The highest BCUT2D eigenvalue weighted by Crippen LogP contribution is 2.23. The van der Waals surface area contributed by atoms with Gasteiger partial charge in [-0.05, 0) is 18.5 Å². The van der Waals surface area contributed by atoms with Crippen molar-refractivity contribution < 1.29 is 0 Å². The fourth-order valence-electron chi connectivity index (χ4n) is 1.61. The lowest BCUT2D eigenvalue weighted by Crippen LogP contribution is -2.10. The summed E-state index contributed by atoms with van der Waals surface area (Å²) in [5.74, 6) is 1.31. The summed E-state index contributed by atoms with van der Waals surface area (Å²) in [5.41, 5.74) is 0.585. The summed E-state index contributed by atoms with van der Waals surface area (Å²) in [5, 5.41) is 17.4. The number of fused-ring (bicyclic) bond motifs is 1. The Morgan fingerprint density at radius 1 is 1.28 bits per heavy atom. The minimum absolute atomic E-state index is 0.0865. The minimum Gasteiger partial charge on any atom is -0.360 e. The van der Waals surface area contributed by atoms with Crippen molar-refractivity contribution in [1.29, 1.82) is 0 Å². The van der Waals surface area contributed by atoms with E-state index in [-0.39, 0.29) is 11.3 Å². The second-order valence-corrected chi connectivity index (χ2v) is 4.05. The van der Waals surface area contributed by atoms with Crippen LogP contribution >= 0.6 is 11.6 Å². The summed E-state index contributed by atoms with van der Waals surface area (Å²) in [6, 6.07) is -0.0865. The molecule has 8 nitrogen and oxygen atoms in total. The van der Waals surface area contributed by atoms with E-state index in [0.717, 1.165) is 5.39 Å². The van der Waals surface area contributed by atoms with Crippen molar-refractivity contribution in [2.45, 2.75) is 13.0 Å². The predicted molar refractivity (Wildman–Crippen MR) is 65.1 cm³/mol. The van der Waals surface area contributed by atoms with Gasteiger partial charge >= 0.3 is 0 Å². The maximum absolute atomic E-state index is 5.84. The van der Waals surface area contributed by atoms with Crippen LogP contribution in [-0.2, 0) is 0 Å². The molecule has 0 saturated heterocycles. The van der Waals surface area contributed by atoms with Gasteiger partial charge in [-0.3, -0.25) is 10.2 Å². The molecule has 0 aromatic carbocycles. The molecule has 18 heavy (non-hydrogen) atoms. The molecule has 0 radical (unpaired) electrons. The minimum atomic E-state index is -0.0865. The molecule has 0 aliphatic rings. The molecule has 0 bridgehead atoms. The third kappa shape index (κ3) is 1.86. The second-order valence-electron chi connectivity index (χ2n) is 3.71. The van der Waals surface area contributed by atoms with Crippen LogP contribution in [0.5, 0.6) is 0 Å². The number of aromatic amines is 2. The van der Waals surface area contributed by atoms with Crippen molar-refractivity contribution in [2.24, 2.45) is 0 Å². The lowest BCUT2D eigenvalue weighted by atomic mass is 10.3. The molecule has 0 saturated carbocycles. The normalized spacial score (nSPS) is 12.8. The van der Waals surface area contributed by atoms with Crippen LogP contribution in [0.2, 0.25) is 5.28 Å². The van der Waals surface area contributed by atoms with Gasteiger partial charge < -0.3 is 5.32 Å². The molecule has 0 amide bonds. The number of halogens is 1. The van der Waals surface area contributed by atoms with Crippen LogP contribution in [0.1, 0.15) is 18.8 Å². The van der Waals surface area contributed by atoms with Crippen LogP contribution in [0.25, 0.3) is 11.0 Å². The van der Waals surface area contributed by atoms with Crippen LogP contribution in [0, 0.1) is 0 Å². The second kappa shape index (κ2) is 4.22. The van der Waals surface area contributed by atoms with Crippen LogP contribution < -0.4 is 5.32 Å². The first-order valence-electron chi connectivity index (χ1n) is 5.22. The number of anilines is 1. The summed E-state index contributed by atoms with van der Waals surface area (Å²) in [6.45, 7) is 1.93. The number of aromatic nitrogens is 7. The molecular weight excluding hydrogens is 256 g/mol. The van der Waals surface area contributed by atoms with Crippen LogP contribution in [-0.4, -0.2) is 35.3 Å². The Kier molecular flexibility index (Phi) is 2.56. The van der Waals surface area contributed by atoms with E-state index in [0.29, 0.717) is 17.3 Å². The predicted octanol–water partition coefficient (Wildman–Crippen LogP) is 1.30. The highest BCUT2D eigenvalue weighted by Gasteiger charge is 2.13. The molecule has 3 aromatic heterocycles. The quantitative estimate of drug-likeness (QED) is 0.615. The molecule has 9 heteroatoms. The van der Waals surface area contributed by atoms with E-state index in [1.807, 2.05) is 6.92 Å². The fraction of sp³-hybridized carbons (Fsp3) is 0.222. The first-order chi connectivity index (χ1) is 8.74. The van der Waals surface area contributed by atoms with Gasteiger partial charge in [-0.1, -0.05) is 0 Å². The van der Waals surface area contributed by atoms with Gasteiger partial charge in [-0.15, -0.1) is 0 Å². The molecule has 3 aromatic rings. The lowest BCUT2D eigenvalue weighted by Gasteiger charge is -2.12. The average Bonchev–Trinajstić information content (AvgIpc) is 2.98. The van der Waals surface area contributed by atoms with Crippen LogP contribution in [0.15, 0.2) is 12.5 Å². The molecule has 0 aliphatic heterocycles. The Hall–Kier alpha value is -2.22. The smallest absolute Gasteiger partial charge is 0.226 e. The van der Waals surface area contributed by atoms with E-state index in [9.17, 15) is 0 Å². The van der Waals surface area contributed by atoms with Crippen LogP contribution in [0.4, 0.5) is 5.82 Å². The third-order valence-electron chi connectivity index (χ3n) is 2.48. The summed E-state index contributed by atoms with van der Waals surface area (Å²) >= 11 is 5.84. The highest BCUT2D eigenvalue weighted by molar-refractivity contribution is 6.28. The third-order valence-corrected chi connectivity index (χ3v) is 2.65. The topological polar surface area (TPSA) is 108 Å². The zero-order valence-corrected chi connectivity index (χ0v) is 10.1. The highest BCUT2D eigenvalue weighted by atomic mass is 35.5. The van der Waals surface area contributed by atoms with Crippen molar-refractivity contribution in [2.75, 3.05) is 5.32 Å². The summed E-state index contributed by atoms with van der Waals surface area (Å²) in [7, 11) is 0. The molecule has 92 valence electrons. The average molecular weight is 265 g/mol. The van der Waals surface area contributed by atoms with Gasteiger partial charge in [0.15, 0.2) is 5.65 Å². The molecule has 3 heterocycles. The SMILES string of the molecule is CC(Nc1nc(Cl)nc2[nH]ncc12)c1ncn[nH]1. The van der Waals surface area contributed by atoms with Crippen LogP contribution in [0.3, 0.4) is 0 Å². The first-order valence-corrected chi connectivity index (χ1v) is 5.60. The number of nitrogens with zero attached hydrogens (tertiary/aromatic N) is 5. The monoisotopic (exact) mass is 264 g/mol. The Balaban J connectivity index is 1.97. The molecule has 1 atom stereocenters. The Morgan fingerprint density at radius 2 is 2.17 bits per heavy atom. The summed E-state index contributed by atoms with van der Waals surface area (Å²) < 4.78 is 0. The molecule has 0 fully saturated rings. The summed E-state index contributed by atoms with van der Waals surface area (Å²) in [4.78, 5) is 12.2. The number of nitrogens with one attached hydrogen (secondary N) is 3. The van der Waals surface area contributed by atoms with E-state index in [2.05, 4.69) is 40.7 Å². The summed E-state index contributed by atoms with van der Waals surface area (Å²) in [6.07, 6.45) is 3.09. The van der Waals surface area contributed by atoms with E-state index in [1.165, 1.54) is 6.33 Å². The van der Waals surface area contributed by atoms with Gasteiger partial charge in [0.05, 0.1) is 17.6 Å². The van der Waals surface area contributed by atoms with Gasteiger partial charge in [-0.25, -0.2) is 4.98 Å². The largest absolute Gasteiger partial charge is 0.360 e. The van der Waals surface area contributed by atoms with E-state index >= 15 is 0 Å². The number of H-pyrrole nitrogens is 2. The zero-order valence-electron chi connectivity index (χ0n) is 9.35. The maximum Gasteiger partial charge on any atom is 0.226 e. The van der Waals surface area contributed by atoms with Gasteiger partial charge in [0.25, 0.3) is 0 Å². The maximum atomic E-state index is 5.84. The molecule has 0 spiro atoms. The number of rotatable bonds is 3. The van der Waals surface area contributed by atoms with Gasteiger partial charge in [-0.2, -0.15) is 20.2 Å². The van der Waals surface area contributed by atoms with E-state index < -0.39 is 0 Å². The Bertz CT molecular complexity index is 660. The lowest BCUT2D eigenvalue weighted by molar-refractivity contribution is 0.791. The number of hydrogen-bond donors (Lipinski definition) is 3. The standard InChI is InChI=1S/C9H9ClN8/c1-4(6-11-3-13-17-6)14-7-5-2-12-18-8(5)16-9(10)15-7/h2-4H,1H3,(H,11,13,17)(H2,12,14,15,16,18). The van der Waals surface area contributed by atoms with Gasteiger partial charge in [0.2, 0.25) is 5.28 Å². The Labute approximate surface area is 106 Å². The molecular formula is C9H9ClN8. The molecule has 1 unspecified atom stereocenters. The van der Waals surface area contributed by atoms with Crippen molar-refractivity contribution in [3.05, 3.63) is 23.6 Å². The van der Waals surface area contributed by atoms with Crippen molar-refractivity contribution >= 4 is 28.5 Å². The van der Waals surface area contributed by atoms with E-state index in [4.69, 9.17) is 11.6 Å². The van der Waals surface area contributed by atoms with Crippen molar-refractivity contribution in [3.63, 3.8) is 0 Å². The number of hydrogen-bond acceptors (Lipinski definition) is 6. The Morgan fingerprint density at radius 3 is 2.94 bits per heavy atom. The fourth-order valence-corrected chi connectivity index (χ4v) is 1.78. The zero-order chi connectivity index (χ0) is 12.5. The first kappa shape index (κ1) is 10.9.